The lowest BCUT2D eigenvalue weighted by atomic mass is 10.1. The SMILES string of the molecule is O=C(O)CCCCCCNC(=O)CN1Cc2ccccc2C1=O. The van der Waals surface area contributed by atoms with E-state index < -0.39 is 5.97 Å². The van der Waals surface area contributed by atoms with Crippen LogP contribution in [-0.4, -0.2) is 40.9 Å². The Morgan fingerprint density at radius 3 is 2.61 bits per heavy atom. The zero-order chi connectivity index (χ0) is 16.7. The number of benzene rings is 1. The van der Waals surface area contributed by atoms with E-state index in [9.17, 15) is 14.4 Å². The van der Waals surface area contributed by atoms with E-state index in [1.54, 1.807) is 11.0 Å². The fourth-order valence-electron chi connectivity index (χ4n) is 2.65. The number of nitrogens with one attached hydrogen (secondary N) is 1. The second-order valence-corrected chi connectivity index (χ2v) is 5.73. The lowest BCUT2D eigenvalue weighted by Gasteiger charge is -2.15. The van der Waals surface area contributed by atoms with Crippen molar-refractivity contribution >= 4 is 17.8 Å². The van der Waals surface area contributed by atoms with Gasteiger partial charge in [-0.05, 0) is 24.5 Å². The molecule has 23 heavy (non-hydrogen) atoms. The van der Waals surface area contributed by atoms with Gasteiger partial charge in [0.25, 0.3) is 5.91 Å². The summed E-state index contributed by atoms with van der Waals surface area (Å²) in [6.07, 6.45) is 3.43. The molecule has 1 aromatic rings. The number of hydrogen-bond donors (Lipinski definition) is 2. The van der Waals surface area contributed by atoms with Crippen molar-refractivity contribution in [2.45, 2.75) is 38.6 Å². The van der Waals surface area contributed by atoms with E-state index in [1.807, 2.05) is 18.2 Å². The highest BCUT2D eigenvalue weighted by Crippen LogP contribution is 2.21. The second kappa shape index (κ2) is 8.31. The summed E-state index contributed by atoms with van der Waals surface area (Å²) in [6.45, 7) is 1.12. The highest BCUT2D eigenvalue weighted by Gasteiger charge is 2.27. The molecule has 1 aliphatic heterocycles. The lowest BCUT2D eigenvalue weighted by molar-refractivity contribution is -0.137. The average molecular weight is 318 g/mol. The normalized spacial score (nSPS) is 13.0. The number of carbonyl (C=O) groups excluding carboxylic acids is 2. The summed E-state index contributed by atoms with van der Waals surface area (Å²) in [5.74, 6) is -1.02. The van der Waals surface area contributed by atoms with Gasteiger partial charge in [-0.3, -0.25) is 14.4 Å². The molecule has 0 radical (unpaired) electrons. The molecule has 1 aromatic carbocycles. The Kier molecular flexibility index (Phi) is 6.14. The number of carboxylic acids is 1. The van der Waals surface area contributed by atoms with Crippen molar-refractivity contribution < 1.29 is 19.5 Å². The average Bonchev–Trinajstić information content (AvgIpc) is 2.83. The standard InChI is InChI=1S/C17H22N2O4/c20-15(18-10-6-2-1-3-9-16(21)22)12-19-11-13-7-4-5-8-14(13)17(19)23/h4-5,7-8H,1-3,6,9-12H2,(H,18,20)(H,21,22). The smallest absolute Gasteiger partial charge is 0.303 e. The van der Waals surface area contributed by atoms with Crippen LogP contribution in [0.3, 0.4) is 0 Å². The van der Waals surface area contributed by atoms with Crippen molar-refractivity contribution in [2.75, 3.05) is 13.1 Å². The number of carboxylic acid groups (broad SMARTS) is 1. The third-order valence-corrected chi connectivity index (χ3v) is 3.87. The summed E-state index contributed by atoms with van der Waals surface area (Å²) in [5, 5.41) is 11.3. The number of aliphatic carboxylic acids is 1. The molecule has 0 saturated carbocycles. The summed E-state index contributed by atoms with van der Waals surface area (Å²) in [4.78, 5) is 35.9. The Morgan fingerprint density at radius 2 is 1.87 bits per heavy atom. The predicted octanol–water partition coefficient (Wildman–Crippen LogP) is 1.79. The van der Waals surface area contributed by atoms with Gasteiger partial charge in [-0.2, -0.15) is 0 Å². The zero-order valence-corrected chi connectivity index (χ0v) is 13.1. The second-order valence-electron chi connectivity index (χ2n) is 5.73. The van der Waals surface area contributed by atoms with Crippen molar-refractivity contribution in [3.8, 4) is 0 Å². The van der Waals surface area contributed by atoms with Gasteiger partial charge in [0.05, 0.1) is 0 Å². The van der Waals surface area contributed by atoms with Crippen LogP contribution in [0.25, 0.3) is 0 Å². The van der Waals surface area contributed by atoms with E-state index in [0.29, 0.717) is 25.1 Å². The quantitative estimate of drug-likeness (QED) is 0.680. The maximum Gasteiger partial charge on any atom is 0.303 e. The number of nitrogens with zero attached hydrogens (tertiary/aromatic N) is 1. The van der Waals surface area contributed by atoms with E-state index in [-0.39, 0.29) is 24.8 Å². The molecular weight excluding hydrogens is 296 g/mol. The van der Waals surface area contributed by atoms with Crippen LogP contribution in [0.1, 0.15) is 48.0 Å². The van der Waals surface area contributed by atoms with Crippen molar-refractivity contribution in [3.63, 3.8) is 0 Å². The van der Waals surface area contributed by atoms with E-state index >= 15 is 0 Å². The van der Waals surface area contributed by atoms with Gasteiger partial charge >= 0.3 is 5.97 Å². The lowest BCUT2D eigenvalue weighted by Crippen LogP contribution is -2.37. The number of hydrogen-bond acceptors (Lipinski definition) is 3. The third-order valence-electron chi connectivity index (χ3n) is 3.87. The van der Waals surface area contributed by atoms with E-state index in [2.05, 4.69) is 5.32 Å². The fourth-order valence-corrected chi connectivity index (χ4v) is 2.65. The number of amides is 2. The molecule has 6 nitrogen and oxygen atoms in total. The van der Waals surface area contributed by atoms with Crippen LogP contribution in [0.5, 0.6) is 0 Å². The topological polar surface area (TPSA) is 86.7 Å². The minimum absolute atomic E-state index is 0.0759. The Labute approximate surface area is 135 Å². The first-order chi connectivity index (χ1) is 11.1. The molecule has 1 aliphatic rings. The minimum atomic E-state index is -0.769. The van der Waals surface area contributed by atoms with Crippen molar-refractivity contribution in [3.05, 3.63) is 35.4 Å². The van der Waals surface area contributed by atoms with Crippen LogP contribution in [0.15, 0.2) is 24.3 Å². The van der Waals surface area contributed by atoms with E-state index in [4.69, 9.17) is 5.11 Å². The van der Waals surface area contributed by atoms with Gasteiger partial charge in [-0.15, -0.1) is 0 Å². The molecule has 0 atom stereocenters. The molecule has 0 unspecified atom stereocenters. The largest absolute Gasteiger partial charge is 0.481 e. The van der Waals surface area contributed by atoms with Crippen LogP contribution < -0.4 is 5.32 Å². The Bertz CT molecular complexity index is 586. The Hall–Kier alpha value is -2.37. The number of fused-ring (bicyclic) bond motifs is 1. The van der Waals surface area contributed by atoms with Crippen LogP contribution in [-0.2, 0) is 16.1 Å². The molecule has 124 valence electrons. The van der Waals surface area contributed by atoms with Crippen LogP contribution in [0.2, 0.25) is 0 Å². The molecule has 2 N–H and O–H groups in total. The Morgan fingerprint density at radius 1 is 1.13 bits per heavy atom. The molecule has 1 heterocycles. The van der Waals surface area contributed by atoms with Gasteiger partial charge in [-0.25, -0.2) is 0 Å². The molecule has 0 spiro atoms. The fraction of sp³-hybridized carbons (Fsp3) is 0.471. The molecule has 6 heteroatoms. The maximum atomic E-state index is 12.1. The number of unbranched alkanes of at least 4 members (excludes halogenated alkanes) is 3. The molecular formula is C17H22N2O4. The van der Waals surface area contributed by atoms with Crippen molar-refractivity contribution in [1.82, 2.24) is 10.2 Å². The first-order valence-electron chi connectivity index (χ1n) is 7.93. The van der Waals surface area contributed by atoms with Gasteiger partial charge in [0.15, 0.2) is 0 Å². The molecule has 0 bridgehead atoms. The molecule has 2 amide bonds. The summed E-state index contributed by atoms with van der Waals surface area (Å²) >= 11 is 0. The molecule has 0 saturated heterocycles. The zero-order valence-electron chi connectivity index (χ0n) is 13.1. The first-order valence-corrected chi connectivity index (χ1v) is 7.93. The monoisotopic (exact) mass is 318 g/mol. The van der Waals surface area contributed by atoms with Crippen molar-refractivity contribution in [2.24, 2.45) is 0 Å². The van der Waals surface area contributed by atoms with E-state index in [0.717, 1.165) is 24.8 Å². The maximum absolute atomic E-state index is 12.1. The summed E-state index contributed by atoms with van der Waals surface area (Å²) in [5.41, 5.74) is 1.64. The number of carbonyl (C=O) groups is 3. The van der Waals surface area contributed by atoms with Gasteiger partial charge in [0.2, 0.25) is 5.91 Å². The van der Waals surface area contributed by atoms with Crippen LogP contribution >= 0.6 is 0 Å². The molecule has 2 rings (SSSR count). The summed E-state index contributed by atoms with van der Waals surface area (Å²) < 4.78 is 0. The van der Waals surface area contributed by atoms with Crippen LogP contribution in [0.4, 0.5) is 0 Å². The highest BCUT2D eigenvalue weighted by molar-refractivity contribution is 6.00. The predicted molar refractivity (Wildman–Crippen MR) is 84.9 cm³/mol. The first kappa shape index (κ1) is 17.0. The summed E-state index contributed by atoms with van der Waals surface area (Å²) in [6, 6.07) is 7.40. The molecule has 0 aliphatic carbocycles. The Balaban J connectivity index is 1.61. The summed E-state index contributed by atoms with van der Waals surface area (Å²) in [7, 11) is 0. The van der Waals surface area contributed by atoms with E-state index in [1.165, 1.54) is 0 Å². The van der Waals surface area contributed by atoms with Gasteiger partial charge < -0.3 is 15.3 Å². The van der Waals surface area contributed by atoms with Gasteiger partial charge in [0.1, 0.15) is 6.54 Å². The van der Waals surface area contributed by atoms with Gasteiger partial charge in [0, 0.05) is 25.1 Å². The van der Waals surface area contributed by atoms with Gasteiger partial charge in [-0.1, -0.05) is 31.0 Å². The van der Waals surface area contributed by atoms with Crippen molar-refractivity contribution in [1.29, 1.82) is 0 Å². The third kappa shape index (κ3) is 5.09. The highest BCUT2D eigenvalue weighted by atomic mass is 16.4. The molecule has 0 aromatic heterocycles. The van der Waals surface area contributed by atoms with Crippen LogP contribution in [0, 0.1) is 0 Å². The number of rotatable bonds is 9. The minimum Gasteiger partial charge on any atom is -0.481 e. The molecule has 0 fully saturated rings.